The first-order chi connectivity index (χ1) is 9.15. The van der Waals surface area contributed by atoms with Crippen LogP contribution < -0.4 is 10.9 Å². The normalized spacial score (nSPS) is 14.9. The van der Waals surface area contributed by atoms with Gasteiger partial charge in [0.15, 0.2) is 0 Å². The van der Waals surface area contributed by atoms with Gasteiger partial charge in [-0.25, -0.2) is 4.98 Å². The van der Waals surface area contributed by atoms with Crippen LogP contribution in [0.15, 0.2) is 10.9 Å². The van der Waals surface area contributed by atoms with Crippen LogP contribution in [0.3, 0.4) is 0 Å². The van der Waals surface area contributed by atoms with Gasteiger partial charge in [0.2, 0.25) is 0 Å². The monoisotopic (exact) mass is 265 g/mol. The molecule has 1 saturated carbocycles. The van der Waals surface area contributed by atoms with E-state index in [1.807, 2.05) is 0 Å². The van der Waals surface area contributed by atoms with Crippen LogP contribution in [-0.2, 0) is 4.74 Å². The summed E-state index contributed by atoms with van der Waals surface area (Å²) in [5.74, 6) is 2.59. The van der Waals surface area contributed by atoms with Crippen molar-refractivity contribution in [1.29, 1.82) is 0 Å². The predicted octanol–water partition coefficient (Wildman–Crippen LogP) is 2.12. The van der Waals surface area contributed by atoms with E-state index in [1.54, 1.807) is 0 Å². The Morgan fingerprint density at radius 3 is 2.95 bits per heavy atom. The lowest BCUT2D eigenvalue weighted by molar-refractivity contribution is 0.132. The number of nitrogens with zero attached hydrogens (tertiary/aromatic N) is 1. The Labute approximate surface area is 113 Å². The van der Waals surface area contributed by atoms with E-state index in [9.17, 15) is 4.79 Å². The number of ether oxygens (including phenoxy) is 1. The number of aromatic nitrogens is 2. The average molecular weight is 265 g/mol. The van der Waals surface area contributed by atoms with E-state index in [0.29, 0.717) is 30.8 Å². The van der Waals surface area contributed by atoms with Crippen molar-refractivity contribution >= 4 is 5.82 Å². The number of nitrogens with one attached hydrogen (secondary N) is 2. The smallest absolute Gasteiger partial charge is 0.252 e. The van der Waals surface area contributed by atoms with Crippen molar-refractivity contribution in [2.45, 2.75) is 39.0 Å². The summed E-state index contributed by atoms with van der Waals surface area (Å²) in [4.78, 5) is 18.7. The number of hydrogen-bond donors (Lipinski definition) is 2. The Morgan fingerprint density at radius 2 is 2.26 bits per heavy atom. The van der Waals surface area contributed by atoms with Crippen LogP contribution in [0.2, 0.25) is 0 Å². The Bertz CT molecular complexity index is 452. The molecule has 0 spiro atoms. The number of rotatable bonds is 8. The highest BCUT2D eigenvalue weighted by atomic mass is 16.5. The number of H-pyrrole nitrogens is 1. The summed E-state index contributed by atoms with van der Waals surface area (Å²) in [5.41, 5.74) is -0.0832. The molecule has 1 aromatic rings. The Morgan fingerprint density at radius 1 is 1.47 bits per heavy atom. The second-order valence-electron chi connectivity index (χ2n) is 5.51. The third-order valence-electron chi connectivity index (χ3n) is 3.12. The minimum atomic E-state index is -0.0832. The molecule has 0 bridgehead atoms. The molecule has 1 aromatic heterocycles. The van der Waals surface area contributed by atoms with Crippen molar-refractivity contribution in [2.75, 3.05) is 25.1 Å². The van der Waals surface area contributed by atoms with Crippen LogP contribution in [0.25, 0.3) is 0 Å². The quantitative estimate of drug-likeness (QED) is 0.707. The summed E-state index contributed by atoms with van der Waals surface area (Å²) >= 11 is 0. The molecule has 1 fully saturated rings. The lowest BCUT2D eigenvalue weighted by Crippen LogP contribution is -2.16. The van der Waals surface area contributed by atoms with Gasteiger partial charge in [-0.3, -0.25) is 4.79 Å². The van der Waals surface area contributed by atoms with Gasteiger partial charge in [-0.05, 0) is 25.2 Å². The highest BCUT2D eigenvalue weighted by molar-refractivity contribution is 5.33. The third kappa shape index (κ3) is 5.03. The molecule has 5 nitrogen and oxygen atoms in total. The molecule has 0 unspecified atom stereocenters. The van der Waals surface area contributed by atoms with Crippen LogP contribution in [0, 0.1) is 5.92 Å². The molecule has 0 amide bonds. The van der Waals surface area contributed by atoms with Crippen LogP contribution in [0.4, 0.5) is 5.82 Å². The second-order valence-corrected chi connectivity index (χ2v) is 5.51. The SMILES string of the molecule is CC(C)CCOCCNc1cc(=O)[nH]c(C2CC2)n1. The van der Waals surface area contributed by atoms with Gasteiger partial charge in [0.1, 0.15) is 11.6 Å². The highest BCUT2D eigenvalue weighted by Gasteiger charge is 2.26. The van der Waals surface area contributed by atoms with Crippen molar-refractivity contribution in [3.05, 3.63) is 22.2 Å². The van der Waals surface area contributed by atoms with Crippen LogP contribution in [0.5, 0.6) is 0 Å². The highest BCUT2D eigenvalue weighted by Crippen LogP contribution is 2.37. The number of hydrogen-bond acceptors (Lipinski definition) is 4. The van der Waals surface area contributed by atoms with Crippen molar-refractivity contribution in [2.24, 2.45) is 5.92 Å². The average Bonchev–Trinajstić information content (AvgIpc) is 3.16. The van der Waals surface area contributed by atoms with E-state index in [2.05, 4.69) is 29.1 Å². The first kappa shape index (κ1) is 14.1. The van der Waals surface area contributed by atoms with E-state index in [4.69, 9.17) is 4.74 Å². The zero-order valence-corrected chi connectivity index (χ0v) is 11.7. The summed E-state index contributed by atoms with van der Waals surface area (Å²) in [6, 6.07) is 1.50. The van der Waals surface area contributed by atoms with Crippen molar-refractivity contribution in [3.8, 4) is 0 Å². The van der Waals surface area contributed by atoms with E-state index in [0.717, 1.165) is 31.7 Å². The molecule has 5 heteroatoms. The third-order valence-corrected chi connectivity index (χ3v) is 3.12. The van der Waals surface area contributed by atoms with Crippen molar-refractivity contribution < 1.29 is 4.74 Å². The molecular weight excluding hydrogens is 242 g/mol. The van der Waals surface area contributed by atoms with Crippen molar-refractivity contribution in [1.82, 2.24) is 9.97 Å². The molecule has 0 aliphatic heterocycles. The second kappa shape index (κ2) is 6.70. The minimum Gasteiger partial charge on any atom is -0.380 e. The predicted molar refractivity (Wildman–Crippen MR) is 75.6 cm³/mol. The fourth-order valence-electron chi connectivity index (χ4n) is 1.79. The zero-order chi connectivity index (χ0) is 13.7. The molecular formula is C14H23N3O2. The van der Waals surface area contributed by atoms with Crippen LogP contribution in [0.1, 0.15) is 44.9 Å². The van der Waals surface area contributed by atoms with Crippen molar-refractivity contribution in [3.63, 3.8) is 0 Å². The molecule has 2 rings (SSSR count). The lowest BCUT2D eigenvalue weighted by Gasteiger charge is -2.08. The molecule has 19 heavy (non-hydrogen) atoms. The molecule has 106 valence electrons. The fourth-order valence-corrected chi connectivity index (χ4v) is 1.79. The molecule has 2 N–H and O–H groups in total. The van der Waals surface area contributed by atoms with Gasteiger partial charge in [-0.2, -0.15) is 0 Å². The number of anilines is 1. The molecule has 0 atom stereocenters. The standard InChI is InChI=1S/C14H23N3O2/c1-10(2)5-7-19-8-6-15-12-9-13(18)17-14(16-12)11-3-4-11/h9-11H,3-8H2,1-2H3,(H2,15,16,17,18). The summed E-state index contributed by atoms with van der Waals surface area (Å²) in [6.07, 6.45) is 3.34. The summed E-state index contributed by atoms with van der Waals surface area (Å²) < 4.78 is 5.51. The van der Waals surface area contributed by atoms with E-state index in [1.165, 1.54) is 6.07 Å². The van der Waals surface area contributed by atoms with Gasteiger partial charge >= 0.3 is 0 Å². The molecule has 0 aromatic carbocycles. The molecule has 1 heterocycles. The van der Waals surface area contributed by atoms with E-state index in [-0.39, 0.29) is 5.56 Å². The topological polar surface area (TPSA) is 67.0 Å². The van der Waals surface area contributed by atoms with Crippen LogP contribution in [-0.4, -0.2) is 29.7 Å². The first-order valence-electron chi connectivity index (χ1n) is 7.08. The van der Waals surface area contributed by atoms with Gasteiger partial charge in [0.25, 0.3) is 5.56 Å². The van der Waals surface area contributed by atoms with Gasteiger partial charge in [0.05, 0.1) is 6.61 Å². The minimum absolute atomic E-state index is 0.0832. The maximum Gasteiger partial charge on any atom is 0.252 e. The van der Waals surface area contributed by atoms with E-state index < -0.39 is 0 Å². The Kier molecular flexibility index (Phi) is 4.96. The van der Waals surface area contributed by atoms with Gasteiger partial charge < -0.3 is 15.0 Å². The Hall–Kier alpha value is -1.36. The fraction of sp³-hybridized carbons (Fsp3) is 0.714. The Balaban J connectivity index is 1.72. The molecule has 0 radical (unpaired) electrons. The largest absolute Gasteiger partial charge is 0.380 e. The van der Waals surface area contributed by atoms with Crippen LogP contribution >= 0.6 is 0 Å². The lowest BCUT2D eigenvalue weighted by atomic mass is 10.1. The maximum atomic E-state index is 11.5. The summed E-state index contributed by atoms with van der Waals surface area (Å²) in [6.45, 7) is 6.47. The van der Waals surface area contributed by atoms with E-state index >= 15 is 0 Å². The van der Waals surface area contributed by atoms with Gasteiger partial charge in [0, 0.05) is 25.1 Å². The summed E-state index contributed by atoms with van der Waals surface area (Å²) in [7, 11) is 0. The molecule has 0 saturated heterocycles. The van der Waals surface area contributed by atoms with Gasteiger partial charge in [-0.15, -0.1) is 0 Å². The van der Waals surface area contributed by atoms with Gasteiger partial charge in [-0.1, -0.05) is 13.8 Å². The molecule has 1 aliphatic carbocycles. The first-order valence-corrected chi connectivity index (χ1v) is 7.08. The zero-order valence-electron chi connectivity index (χ0n) is 11.7. The molecule has 1 aliphatic rings. The number of aromatic amines is 1. The maximum absolute atomic E-state index is 11.5. The summed E-state index contributed by atoms with van der Waals surface area (Å²) in [5, 5.41) is 3.14.